The molecule has 1 rings (SSSR count). The van der Waals surface area contributed by atoms with Gasteiger partial charge >= 0.3 is 0 Å². The van der Waals surface area contributed by atoms with Crippen LogP contribution in [-0.2, 0) is 20.8 Å². The van der Waals surface area contributed by atoms with Gasteiger partial charge in [-0.1, -0.05) is 6.07 Å². The van der Waals surface area contributed by atoms with Crippen LogP contribution in [0.5, 0.6) is 0 Å². The minimum absolute atomic E-state index is 0.145. The second-order valence-electron chi connectivity index (χ2n) is 2.95. The van der Waals surface area contributed by atoms with Crippen LogP contribution in [0.4, 0.5) is 0 Å². The molecule has 3 N–H and O–H groups in total. The van der Waals surface area contributed by atoms with E-state index in [1.165, 1.54) is 4.88 Å². The summed E-state index contributed by atoms with van der Waals surface area (Å²) in [4.78, 5) is 12.3. The van der Waals surface area contributed by atoms with E-state index in [2.05, 4.69) is 5.14 Å². The Balaban J connectivity index is 2.14. The van der Waals surface area contributed by atoms with E-state index >= 15 is 0 Å². The third-order valence-corrected chi connectivity index (χ3v) is 4.13. The lowest BCUT2D eigenvalue weighted by Crippen LogP contribution is -2.36. The highest BCUT2D eigenvalue weighted by atomic mass is 32.2. The predicted molar refractivity (Wildman–Crippen MR) is 66.3 cm³/mol. The highest BCUT2D eigenvalue weighted by Crippen LogP contribution is 2.17. The Bertz CT molecular complexity index is 427. The highest BCUT2D eigenvalue weighted by Gasteiger charge is 2.08. The number of amides is 1. The minimum Gasteiger partial charge on any atom is -0.274 e. The lowest BCUT2D eigenvalue weighted by Gasteiger charge is -2.01. The molecular formula is C8H12N2O3S3. The molecule has 0 saturated heterocycles. The van der Waals surface area contributed by atoms with Crippen molar-refractivity contribution in [3.05, 3.63) is 22.4 Å². The number of carbonyl (C=O) groups excluding carboxylic acids is 1. The summed E-state index contributed by atoms with van der Waals surface area (Å²) in [5.41, 5.74) is 0. The van der Waals surface area contributed by atoms with E-state index in [4.69, 9.17) is 0 Å². The van der Waals surface area contributed by atoms with Gasteiger partial charge in [0.25, 0.3) is 10.2 Å². The molecule has 0 spiro atoms. The molecule has 0 aliphatic carbocycles. The number of hydrogen-bond donors (Lipinski definition) is 2. The van der Waals surface area contributed by atoms with Crippen molar-refractivity contribution in [2.45, 2.75) is 12.2 Å². The van der Waals surface area contributed by atoms with Crippen LogP contribution in [-0.4, -0.2) is 20.1 Å². The van der Waals surface area contributed by atoms with E-state index in [9.17, 15) is 13.2 Å². The van der Waals surface area contributed by atoms with Crippen LogP contribution in [0, 0.1) is 0 Å². The van der Waals surface area contributed by atoms with E-state index in [1.807, 2.05) is 17.5 Å². The fourth-order valence-electron chi connectivity index (χ4n) is 0.942. The number of thiophene rings is 1. The van der Waals surface area contributed by atoms with Crippen molar-refractivity contribution in [3.8, 4) is 0 Å². The average molecular weight is 280 g/mol. The van der Waals surface area contributed by atoms with Gasteiger partial charge in [0.2, 0.25) is 5.91 Å². The van der Waals surface area contributed by atoms with E-state index < -0.39 is 16.1 Å². The van der Waals surface area contributed by atoms with Crippen LogP contribution >= 0.6 is 23.1 Å². The average Bonchev–Trinajstić information content (AvgIpc) is 2.62. The molecule has 8 heteroatoms. The molecule has 0 atom stereocenters. The smallest absolute Gasteiger partial charge is 0.274 e. The minimum atomic E-state index is -3.91. The lowest BCUT2D eigenvalue weighted by atomic mass is 10.5. The molecule has 5 nitrogen and oxygen atoms in total. The summed E-state index contributed by atoms with van der Waals surface area (Å²) in [6.07, 6.45) is 0.145. The molecule has 0 saturated carbocycles. The number of hydrogen-bond acceptors (Lipinski definition) is 5. The molecule has 0 aliphatic rings. The van der Waals surface area contributed by atoms with Crippen LogP contribution in [0.15, 0.2) is 17.5 Å². The van der Waals surface area contributed by atoms with Crippen LogP contribution in [0.25, 0.3) is 0 Å². The van der Waals surface area contributed by atoms with Crippen molar-refractivity contribution in [1.29, 1.82) is 0 Å². The van der Waals surface area contributed by atoms with Crippen molar-refractivity contribution in [3.63, 3.8) is 0 Å². The second-order valence-corrected chi connectivity index (χ2v) is 6.38. The van der Waals surface area contributed by atoms with Crippen LogP contribution in [0.2, 0.25) is 0 Å². The Morgan fingerprint density at radius 2 is 2.31 bits per heavy atom. The summed E-state index contributed by atoms with van der Waals surface area (Å²) in [7, 11) is -3.91. The topological polar surface area (TPSA) is 89.3 Å². The van der Waals surface area contributed by atoms with Gasteiger partial charge in [-0.05, 0) is 11.4 Å². The molecule has 0 unspecified atom stereocenters. The number of nitrogens with two attached hydrogens (primary N) is 1. The van der Waals surface area contributed by atoms with Gasteiger partial charge in [0.1, 0.15) is 0 Å². The number of carbonyl (C=O) groups is 1. The predicted octanol–water partition coefficient (Wildman–Crippen LogP) is 0.691. The van der Waals surface area contributed by atoms with Crippen LogP contribution in [0.1, 0.15) is 11.3 Å². The van der Waals surface area contributed by atoms with Gasteiger partial charge in [0, 0.05) is 22.8 Å². The molecule has 0 aromatic carbocycles. The Morgan fingerprint density at radius 1 is 1.56 bits per heavy atom. The molecule has 1 aromatic rings. The van der Waals surface area contributed by atoms with Crippen LogP contribution in [0.3, 0.4) is 0 Å². The second kappa shape index (κ2) is 6.24. The molecule has 0 fully saturated rings. The van der Waals surface area contributed by atoms with Crippen molar-refractivity contribution in [2.75, 3.05) is 5.75 Å². The van der Waals surface area contributed by atoms with Gasteiger partial charge in [0.15, 0.2) is 0 Å². The monoisotopic (exact) mass is 280 g/mol. The van der Waals surface area contributed by atoms with Gasteiger partial charge in [-0.2, -0.15) is 20.2 Å². The van der Waals surface area contributed by atoms with Gasteiger partial charge < -0.3 is 0 Å². The summed E-state index contributed by atoms with van der Waals surface area (Å²) in [6, 6.07) is 3.98. The zero-order valence-electron chi connectivity index (χ0n) is 8.38. The van der Waals surface area contributed by atoms with Crippen molar-refractivity contribution < 1.29 is 13.2 Å². The third-order valence-electron chi connectivity index (χ3n) is 1.55. The van der Waals surface area contributed by atoms with E-state index in [1.54, 1.807) is 27.8 Å². The Hall–Kier alpha value is -0.570. The summed E-state index contributed by atoms with van der Waals surface area (Å²) in [5.74, 6) is 0.834. The molecule has 16 heavy (non-hydrogen) atoms. The summed E-state index contributed by atoms with van der Waals surface area (Å²) in [6.45, 7) is 0. The Morgan fingerprint density at radius 3 is 2.88 bits per heavy atom. The number of rotatable bonds is 6. The zero-order valence-corrected chi connectivity index (χ0v) is 10.8. The first-order chi connectivity index (χ1) is 7.47. The fourth-order valence-corrected chi connectivity index (χ4v) is 3.14. The summed E-state index contributed by atoms with van der Waals surface area (Å²) in [5, 5.41) is 6.64. The molecule has 1 heterocycles. The molecule has 0 aliphatic heterocycles. The van der Waals surface area contributed by atoms with E-state index in [0.29, 0.717) is 5.75 Å². The first-order valence-electron chi connectivity index (χ1n) is 4.41. The van der Waals surface area contributed by atoms with Gasteiger partial charge in [-0.15, -0.1) is 11.3 Å². The lowest BCUT2D eigenvalue weighted by molar-refractivity contribution is -0.118. The SMILES string of the molecule is NS(=O)(=O)NC(=O)CCSCc1cccs1. The first kappa shape index (κ1) is 13.5. The highest BCUT2D eigenvalue weighted by molar-refractivity contribution is 7.98. The molecule has 0 radical (unpaired) electrons. The molecule has 0 bridgehead atoms. The third kappa shape index (κ3) is 6.11. The van der Waals surface area contributed by atoms with E-state index in [-0.39, 0.29) is 6.42 Å². The van der Waals surface area contributed by atoms with Gasteiger partial charge in [0.05, 0.1) is 0 Å². The van der Waals surface area contributed by atoms with Crippen molar-refractivity contribution in [1.82, 2.24) is 4.72 Å². The maximum absolute atomic E-state index is 11.0. The first-order valence-corrected chi connectivity index (χ1v) is 7.99. The van der Waals surface area contributed by atoms with Gasteiger partial charge in [-0.25, -0.2) is 9.86 Å². The quantitative estimate of drug-likeness (QED) is 0.750. The number of thioether (sulfide) groups is 1. The summed E-state index contributed by atoms with van der Waals surface area (Å²) < 4.78 is 22.7. The zero-order chi connectivity index (χ0) is 12.0. The molecular weight excluding hydrogens is 268 g/mol. The van der Waals surface area contributed by atoms with Crippen molar-refractivity contribution >= 4 is 39.2 Å². The van der Waals surface area contributed by atoms with Gasteiger partial charge in [-0.3, -0.25) is 4.79 Å². The standard InChI is InChI=1S/C8H12N2O3S3/c9-16(12,13)10-8(11)3-5-14-6-7-2-1-4-15-7/h1-2,4H,3,5-6H2,(H,10,11)(H2,9,12,13). The fraction of sp³-hybridized carbons (Fsp3) is 0.375. The largest absolute Gasteiger partial charge is 0.298 e. The molecule has 90 valence electrons. The Labute approximate surface area is 103 Å². The normalized spacial score (nSPS) is 11.3. The summed E-state index contributed by atoms with van der Waals surface area (Å²) >= 11 is 3.23. The Kier molecular flexibility index (Phi) is 5.26. The molecule has 1 aromatic heterocycles. The van der Waals surface area contributed by atoms with Crippen molar-refractivity contribution in [2.24, 2.45) is 5.14 Å². The van der Waals surface area contributed by atoms with E-state index in [0.717, 1.165) is 5.75 Å². The number of nitrogens with one attached hydrogen (secondary N) is 1. The maximum atomic E-state index is 11.0. The molecule has 1 amide bonds. The van der Waals surface area contributed by atoms with Crippen LogP contribution < -0.4 is 9.86 Å². The maximum Gasteiger partial charge on any atom is 0.298 e.